The Bertz CT molecular complexity index is 250. The number of nitrogens with zero attached hydrogens (tertiary/aromatic N) is 1. The molecule has 0 amide bonds. The predicted molar refractivity (Wildman–Crippen MR) is 59.1 cm³/mol. The van der Waals surface area contributed by atoms with E-state index in [-0.39, 0.29) is 0 Å². The number of aryl methyl sites for hydroxylation is 1. The number of thioether (sulfide) groups is 1. The van der Waals surface area contributed by atoms with Crippen LogP contribution in [-0.2, 0) is 6.54 Å². The second-order valence-corrected chi connectivity index (χ2v) is 3.92. The van der Waals surface area contributed by atoms with Gasteiger partial charge in [0.1, 0.15) is 0 Å². The van der Waals surface area contributed by atoms with Gasteiger partial charge >= 0.3 is 0 Å². The standard InChI is InChI=1S/C10H16N2S/c1-9-4-3-5-12-10(9)8-11-6-7-13-2/h3-5,11H,6-8H2,1-2H3. The molecule has 0 spiro atoms. The molecule has 0 saturated heterocycles. The second-order valence-electron chi connectivity index (χ2n) is 2.94. The zero-order valence-electron chi connectivity index (χ0n) is 8.21. The SMILES string of the molecule is CSCCNCc1ncccc1C. The lowest BCUT2D eigenvalue weighted by atomic mass is 10.2. The summed E-state index contributed by atoms with van der Waals surface area (Å²) in [5.41, 5.74) is 2.42. The molecule has 1 rings (SSSR count). The van der Waals surface area contributed by atoms with E-state index in [1.165, 1.54) is 5.56 Å². The fourth-order valence-electron chi connectivity index (χ4n) is 1.08. The third kappa shape index (κ3) is 3.79. The minimum absolute atomic E-state index is 0.882. The van der Waals surface area contributed by atoms with Crippen molar-refractivity contribution in [3.8, 4) is 0 Å². The Morgan fingerprint density at radius 1 is 1.54 bits per heavy atom. The Kier molecular flexibility index (Phi) is 4.86. The smallest absolute Gasteiger partial charge is 0.0570 e. The fourth-order valence-corrected chi connectivity index (χ4v) is 1.43. The van der Waals surface area contributed by atoms with Crippen molar-refractivity contribution in [2.45, 2.75) is 13.5 Å². The van der Waals surface area contributed by atoms with Gasteiger partial charge in [-0.15, -0.1) is 0 Å². The molecule has 0 unspecified atom stereocenters. The lowest BCUT2D eigenvalue weighted by Gasteiger charge is -2.05. The Labute approximate surface area is 84.1 Å². The quantitative estimate of drug-likeness (QED) is 0.727. The summed E-state index contributed by atoms with van der Waals surface area (Å²) in [5.74, 6) is 1.16. The van der Waals surface area contributed by atoms with Gasteiger partial charge in [-0.25, -0.2) is 0 Å². The van der Waals surface area contributed by atoms with Gasteiger partial charge in [0.15, 0.2) is 0 Å². The van der Waals surface area contributed by atoms with Crippen LogP contribution in [0.5, 0.6) is 0 Å². The maximum absolute atomic E-state index is 4.31. The summed E-state index contributed by atoms with van der Waals surface area (Å²) in [7, 11) is 0. The summed E-state index contributed by atoms with van der Waals surface area (Å²) in [6.45, 7) is 4.03. The molecule has 1 aromatic rings. The highest BCUT2D eigenvalue weighted by Gasteiger charge is 1.96. The Morgan fingerprint density at radius 3 is 3.08 bits per heavy atom. The molecule has 0 bridgehead atoms. The predicted octanol–water partition coefficient (Wildman–Crippen LogP) is 1.84. The third-order valence-corrected chi connectivity index (χ3v) is 2.51. The summed E-state index contributed by atoms with van der Waals surface area (Å²) in [6, 6.07) is 4.07. The Morgan fingerprint density at radius 2 is 2.38 bits per heavy atom. The molecule has 1 heterocycles. The van der Waals surface area contributed by atoms with Crippen LogP contribution >= 0.6 is 11.8 Å². The van der Waals surface area contributed by atoms with Crippen molar-refractivity contribution in [2.75, 3.05) is 18.6 Å². The van der Waals surface area contributed by atoms with Gasteiger partial charge in [0, 0.05) is 25.0 Å². The largest absolute Gasteiger partial charge is 0.310 e. The molecule has 0 saturated carbocycles. The van der Waals surface area contributed by atoms with Crippen LogP contribution in [0.2, 0.25) is 0 Å². The molecule has 13 heavy (non-hydrogen) atoms. The van der Waals surface area contributed by atoms with Gasteiger partial charge < -0.3 is 5.32 Å². The molecule has 0 atom stereocenters. The van der Waals surface area contributed by atoms with Gasteiger partial charge in [-0.2, -0.15) is 11.8 Å². The van der Waals surface area contributed by atoms with Crippen molar-refractivity contribution in [1.29, 1.82) is 0 Å². The fraction of sp³-hybridized carbons (Fsp3) is 0.500. The van der Waals surface area contributed by atoms with Crippen LogP contribution in [0.3, 0.4) is 0 Å². The Balaban J connectivity index is 2.32. The summed E-state index contributed by atoms with van der Waals surface area (Å²) < 4.78 is 0. The van der Waals surface area contributed by atoms with E-state index in [4.69, 9.17) is 0 Å². The summed E-state index contributed by atoms with van der Waals surface area (Å²) >= 11 is 1.86. The lowest BCUT2D eigenvalue weighted by molar-refractivity contribution is 0.711. The van der Waals surface area contributed by atoms with E-state index in [2.05, 4.69) is 29.5 Å². The van der Waals surface area contributed by atoms with E-state index in [1.807, 2.05) is 24.0 Å². The van der Waals surface area contributed by atoms with Crippen molar-refractivity contribution in [1.82, 2.24) is 10.3 Å². The molecule has 0 aromatic carbocycles. The number of hydrogen-bond acceptors (Lipinski definition) is 3. The first-order valence-electron chi connectivity index (χ1n) is 4.44. The number of hydrogen-bond donors (Lipinski definition) is 1. The summed E-state index contributed by atoms with van der Waals surface area (Å²) in [5, 5.41) is 3.36. The van der Waals surface area contributed by atoms with Crippen LogP contribution in [0.25, 0.3) is 0 Å². The molecule has 3 heteroatoms. The molecule has 1 N–H and O–H groups in total. The zero-order valence-corrected chi connectivity index (χ0v) is 9.03. The van der Waals surface area contributed by atoms with Crippen LogP contribution in [0, 0.1) is 6.92 Å². The summed E-state index contributed by atoms with van der Waals surface area (Å²) in [6.07, 6.45) is 3.96. The molecule has 0 aliphatic rings. The van der Waals surface area contributed by atoms with E-state index in [9.17, 15) is 0 Å². The van der Waals surface area contributed by atoms with Crippen LogP contribution in [0.1, 0.15) is 11.3 Å². The minimum Gasteiger partial charge on any atom is -0.310 e. The van der Waals surface area contributed by atoms with E-state index in [0.717, 1.165) is 24.5 Å². The van der Waals surface area contributed by atoms with Crippen LogP contribution in [0.15, 0.2) is 18.3 Å². The van der Waals surface area contributed by atoms with Gasteiger partial charge in [-0.05, 0) is 24.8 Å². The second kappa shape index (κ2) is 6.00. The highest BCUT2D eigenvalue weighted by molar-refractivity contribution is 7.98. The van der Waals surface area contributed by atoms with Crippen LogP contribution in [0.4, 0.5) is 0 Å². The number of aromatic nitrogens is 1. The number of nitrogens with one attached hydrogen (secondary N) is 1. The first-order valence-corrected chi connectivity index (χ1v) is 5.84. The van der Waals surface area contributed by atoms with E-state index in [1.54, 1.807) is 0 Å². The van der Waals surface area contributed by atoms with Crippen molar-refractivity contribution in [2.24, 2.45) is 0 Å². The number of rotatable bonds is 5. The van der Waals surface area contributed by atoms with Crippen molar-refractivity contribution in [3.63, 3.8) is 0 Å². The zero-order chi connectivity index (χ0) is 9.52. The van der Waals surface area contributed by atoms with Gasteiger partial charge in [0.05, 0.1) is 5.69 Å². The maximum Gasteiger partial charge on any atom is 0.0570 e. The van der Waals surface area contributed by atoms with Crippen LogP contribution < -0.4 is 5.32 Å². The highest BCUT2D eigenvalue weighted by Crippen LogP contribution is 2.01. The average molecular weight is 196 g/mol. The third-order valence-electron chi connectivity index (χ3n) is 1.89. The molecule has 0 fully saturated rings. The molecular weight excluding hydrogens is 180 g/mol. The van der Waals surface area contributed by atoms with Gasteiger partial charge in [0.25, 0.3) is 0 Å². The highest BCUT2D eigenvalue weighted by atomic mass is 32.2. The topological polar surface area (TPSA) is 24.9 Å². The van der Waals surface area contributed by atoms with E-state index in [0.29, 0.717) is 0 Å². The van der Waals surface area contributed by atoms with E-state index < -0.39 is 0 Å². The van der Waals surface area contributed by atoms with E-state index >= 15 is 0 Å². The number of pyridine rings is 1. The first kappa shape index (κ1) is 10.5. The molecule has 2 nitrogen and oxygen atoms in total. The normalized spacial score (nSPS) is 10.3. The molecule has 1 aromatic heterocycles. The molecular formula is C10H16N2S. The molecule has 0 radical (unpaired) electrons. The van der Waals surface area contributed by atoms with Gasteiger partial charge in [-0.3, -0.25) is 4.98 Å². The Hall–Kier alpha value is -0.540. The summed E-state index contributed by atoms with van der Waals surface area (Å²) in [4.78, 5) is 4.31. The molecule has 0 aliphatic heterocycles. The molecule has 0 aliphatic carbocycles. The van der Waals surface area contributed by atoms with Gasteiger partial charge in [-0.1, -0.05) is 6.07 Å². The van der Waals surface area contributed by atoms with Crippen molar-refractivity contribution in [3.05, 3.63) is 29.6 Å². The average Bonchev–Trinajstić information content (AvgIpc) is 2.15. The van der Waals surface area contributed by atoms with Crippen molar-refractivity contribution >= 4 is 11.8 Å². The first-order chi connectivity index (χ1) is 6.34. The maximum atomic E-state index is 4.31. The van der Waals surface area contributed by atoms with Crippen molar-refractivity contribution < 1.29 is 0 Å². The lowest BCUT2D eigenvalue weighted by Crippen LogP contribution is -2.17. The van der Waals surface area contributed by atoms with Crippen LogP contribution in [-0.4, -0.2) is 23.5 Å². The minimum atomic E-state index is 0.882. The van der Waals surface area contributed by atoms with Gasteiger partial charge in [0.2, 0.25) is 0 Å². The molecule has 72 valence electrons. The monoisotopic (exact) mass is 196 g/mol.